The highest BCUT2D eigenvalue weighted by Gasteiger charge is 2.16. The molecule has 0 atom stereocenters. The molecule has 120 valence electrons. The largest absolute Gasteiger partial charge is 0.274 e. The Kier molecular flexibility index (Phi) is 14.1. The van der Waals surface area contributed by atoms with Crippen LogP contribution in [0.3, 0.4) is 0 Å². The topological polar surface area (TPSA) is 17.1 Å². The predicted molar refractivity (Wildman–Crippen MR) is 92.0 cm³/mol. The molecule has 0 aliphatic heterocycles. The molecule has 0 saturated heterocycles. The fourth-order valence-corrected chi connectivity index (χ4v) is 2.87. The highest BCUT2D eigenvalue weighted by atomic mass is 31.1. The van der Waals surface area contributed by atoms with E-state index in [9.17, 15) is 4.57 Å². The Bertz CT molecular complexity index is 213. The van der Waals surface area contributed by atoms with Crippen molar-refractivity contribution < 1.29 is 4.57 Å². The highest BCUT2D eigenvalue weighted by molar-refractivity contribution is 7.25. The molecular formula is C18H37OP. The van der Waals surface area contributed by atoms with Crippen molar-refractivity contribution in [1.29, 1.82) is 0 Å². The van der Waals surface area contributed by atoms with Crippen molar-refractivity contribution in [1.82, 2.24) is 0 Å². The molecule has 0 unspecified atom stereocenters. The number of unbranched alkanes of at least 4 members (excludes halogenated alkanes) is 12. The summed E-state index contributed by atoms with van der Waals surface area (Å²) in [6.07, 6.45) is 19.2. The minimum atomic E-state index is -0.00221. The molecular weight excluding hydrogens is 263 g/mol. The second kappa shape index (κ2) is 14.1. The number of hydrogen-bond acceptors (Lipinski definition) is 1. The van der Waals surface area contributed by atoms with Crippen LogP contribution in [0.4, 0.5) is 0 Å². The van der Waals surface area contributed by atoms with Crippen LogP contribution in [0.15, 0.2) is 0 Å². The van der Waals surface area contributed by atoms with Crippen molar-refractivity contribution in [2.45, 2.75) is 116 Å². The Hall–Kier alpha value is 0.100. The van der Waals surface area contributed by atoms with Crippen LogP contribution in [0.1, 0.15) is 111 Å². The van der Waals surface area contributed by atoms with E-state index in [4.69, 9.17) is 0 Å². The van der Waals surface area contributed by atoms with E-state index in [1.54, 1.807) is 0 Å². The van der Waals surface area contributed by atoms with E-state index < -0.39 is 0 Å². The van der Waals surface area contributed by atoms with Crippen LogP contribution >= 0.6 is 8.46 Å². The number of rotatable bonds is 15. The molecule has 0 radical (unpaired) electrons. The van der Waals surface area contributed by atoms with Gasteiger partial charge in [0.2, 0.25) is 0 Å². The predicted octanol–water partition coefficient (Wildman–Crippen LogP) is 7.54. The van der Waals surface area contributed by atoms with Crippen LogP contribution < -0.4 is 0 Å². The molecule has 2 heteroatoms. The lowest BCUT2D eigenvalue weighted by Crippen LogP contribution is -2.09. The Morgan fingerprint density at radius 1 is 0.650 bits per heavy atom. The van der Waals surface area contributed by atoms with Crippen LogP contribution in [0, 0.1) is 0 Å². The SMILES string of the molecule is CCCCCCCCCCCCCCCC(C)(C)P=O. The van der Waals surface area contributed by atoms with Crippen LogP contribution in [0.2, 0.25) is 0 Å². The Labute approximate surface area is 129 Å². The molecule has 1 nitrogen and oxygen atoms in total. The van der Waals surface area contributed by atoms with Crippen LogP contribution in [-0.2, 0) is 4.57 Å². The van der Waals surface area contributed by atoms with E-state index >= 15 is 0 Å². The first-order valence-corrected chi connectivity index (χ1v) is 9.78. The van der Waals surface area contributed by atoms with Crippen LogP contribution in [0.25, 0.3) is 0 Å². The van der Waals surface area contributed by atoms with Gasteiger partial charge < -0.3 is 0 Å². The summed E-state index contributed by atoms with van der Waals surface area (Å²) in [6, 6.07) is 0. The van der Waals surface area contributed by atoms with Gasteiger partial charge in [0.1, 0.15) is 0 Å². The second-order valence-electron chi connectivity index (χ2n) is 6.90. The van der Waals surface area contributed by atoms with Crippen LogP contribution in [0.5, 0.6) is 0 Å². The molecule has 0 aromatic carbocycles. The first-order chi connectivity index (χ1) is 9.62. The third-order valence-corrected chi connectivity index (χ3v) is 4.86. The van der Waals surface area contributed by atoms with Gasteiger partial charge in [-0.05, 0) is 20.3 Å². The zero-order valence-corrected chi connectivity index (χ0v) is 15.1. The van der Waals surface area contributed by atoms with E-state index in [2.05, 4.69) is 20.8 Å². The van der Waals surface area contributed by atoms with Gasteiger partial charge in [-0.3, -0.25) is 4.57 Å². The zero-order valence-electron chi connectivity index (χ0n) is 14.3. The van der Waals surface area contributed by atoms with E-state index in [0.29, 0.717) is 8.46 Å². The summed E-state index contributed by atoms with van der Waals surface area (Å²) in [5, 5.41) is -0.00221. The van der Waals surface area contributed by atoms with E-state index in [1.165, 1.54) is 83.5 Å². The third kappa shape index (κ3) is 14.5. The van der Waals surface area contributed by atoms with Gasteiger partial charge in [-0.15, -0.1) is 0 Å². The maximum Gasteiger partial charge on any atom is 0.161 e. The van der Waals surface area contributed by atoms with Crippen molar-refractivity contribution >= 4 is 8.46 Å². The number of hydrogen-bond donors (Lipinski definition) is 0. The molecule has 0 saturated carbocycles. The molecule has 0 aliphatic rings. The summed E-state index contributed by atoms with van der Waals surface area (Å²) in [6.45, 7) is 6.45. The van der Waals surface area contributed by atoms with Crippen molar-refractivity contribution in [3.05, 3.63) is 0 Å². The monoisotopic (exact) mass is 300 g/mol. The fourth-order valence-electron chi connectivity index (χ4n) is 2.62. The van der Waals surface area contributed by atoms with Gasteiger partial charge in [0, 0.05) is 5.16 Å². The fraction of sp³-hybridized carbons (Fsp3) is 1.00. The quantitative estimate of drug-likeness (QED) is 0.225. The zero-order chi connectivity index (χ0) is 15.1. The average molecular weight is 300 g/mol. The average Bonchev–Trinajstić information content (AvgIpc) is 2.44. The van der Waals surface area contributed by atoms with Gasteiger partial charge in [0.25, 0.3) is 0 Å². The minimum Gasteiger partial charge on any atom is -0.274 e. The molecule has 0 N–H and O–H groups in total. The first kappa shape index (κ1) is 20.1. The van der Waals surface area contributed by atoms with Crippen molar-refractivity contribution in [2.24, 2.45) is 0 Å². The normalized spacial score (nSPS) is 12.2. The van der Waals surface area contributed by atoms with Crippen molar-refractivity contribution in [3.8, 4) is 0 Å². The van der Waals surface area contributed by atoms with E-state index in [1.807, 2.05) is 0 Å². The maximum absolute atomic E-state index is 10.9. The van der Waals surface area contributed by atoms with Gasteiger partial charge in [-0.1, -0.05) is 90.4 Å². The van der Waals surface area contributed by atoms with Gasteiger partial charge in [0.15, 0.2) is 8.46 Å². The molecule has 0 bridgehead atoms. The lowest BCUT2D eigenvalue weighted by atomic mass is 10.0. The highest BCUT2D eigenvalue weighted by Crippen LogP contribution is 2.28. The standard InChI is InChI=1S/C18H37OP/c1-4-5-6-7-8-9-10-11-12-13-14-15-16-17-18(2,3)20-19/h4-17H2,1-3H3. The smallest absolute Gasteiger partial charge is 0.161 e. The summed E-state index contributed by atoms with van der Waals surface area (Å²) >= 11 is 0. The molecule has 0 aromatic rings. The summed E-state index contributed by atoms with van der Waals surface area (Å²) in [5.41, 5.74) is 0. The molecule has 0 heterocycles. The molecule has 0 spiro atoms. The minimum absolute atomic E-state index is 0.00221. The van der Waals surface area contributed by atoms with Gasteiger partial charge in [0.05, 0.1) is 0 Å². The summed E-state index contributed by atoms with van der Waals surface area (Å²) in [5.74, 6) is 0. The van der Waals surface area contributed by atoms with Gasteiger partial charge >= 0.3 is 0 Å². The summed E-state index contributed by atoms with van der Waals surface area (Å²) < 4.78 is 10.9. The van der Waals surface area contributed by atoms with Crippen LogP contribution in [-0.4, -0.2) is 5.16 Å². The molecule has 0 amide bonds. The van der Waals surface area contributed by atoms with Gasteiger partial charge in [-0.25, -0.2) is 0 Å². The third-order valence-electron chi connectivity index (χ3n) is 4.14. The Balaban J connectivity index is 3.08. The molecule has 0 aromatic heterocycles. The lowest BCUT2D eigenvalue weighted by molar-refractivity contribution is 0.506. The molecule has 20 heavy (non-hydrogen) atoms. The summed E-state index contributed by atoms with van der Waals surface area (Å²) in [7, 11) is 0.304. The molecule has 0 fully saturated rings. The molecule has 0 rings (SSSR count). The Morgan fingerprint density at radius 2 is 1.00 bits per heavy atom. The maximum atomic E-state index is 10.9. The van der Waals surface area contributed by atoms with Crippen molar-refractivity contribution in [3.63, 3.8) is 0 Å². The lowest BCUT2D eigenvalue weighted by Gasteiger charge is -2.14. The second-order valence-corrected chi connectivity index (χ2v) is 8.29. The first-order valence-electron chi connectivity index (χ1n) is 8.97. The summed E-state index contributed by atoms with van der Waals surface area (Å²) in [4.78, 5) is 0. The Morgan fingerprint density at radius 3 is 1.35 bits per heavy atom. The van der Waals surface area contributed by atoms with E-state index in [0.717, 1.165) is 6.42 Å². The van der Waals surface area contributed by atoms with E-state index in [-0.39, 0.29) is 5.16 Å². The van der Waals surface area contributed by atoms with Gasteiger partial charge in [-0.2, -0.15) is 0 Å². The molecule has 0 aliphatic carbocycles. The van der Waals surface area contributed by atoms with Crippen molar-refractivity contribution in [2.75, 3.05) is 0 Å².